The lowest BCUT2D eigenvalue weighted by Gasteiger charge is -2.22. The number of ether oxygens (including phenoxy) is 1. The standard InChI is InChI=1S/C21H25FN2O2/c22-19-8-4-7-18(17-19)21(25)24-13-5-11-23(14-15-24)12-6-16-26-20-9-2-1-3-10-20/h1-4,7-10,17H,5-6,11-16H2. The zero-order chi connectivity index (χ0) is 18.2. The summed E-state index contributed by atoms with van der Waals surface area (Å²) in [4.78, 5) is 16.7. The first-order valence-corrected chi connectivity index (χ1v) is 9.17. The monoisotopic (exact) mass is 356 g/mol. The average Bonchev–Trinajstić information content (AvgIpc) is 2.91. The summed E-state index contributed by atoms with van der Waals surface area (Å²) in [5.74, 6) is 0.444. The summed E-state index contributed by atoms with van der Waals surface area (Å²) >= 11 is 0. The number of amides is 1. The molecule has 1 aliphatic rings. The molecule has 1 amide bonds. The Hall–Kier alpha value is -2.40. The van der Waals surface area contributed by atoms with E-state index in [0.29, 0.717) is 25.3 Å². The fourth-order valence-corrected chi connectivity index (χ4v) is 3.20. The number of halogens is 1. The second kappa shape index (κ2) is 9.34. The SMILES string of the molecule is O=C(c1cccc(F)c1)N1CCCN(CCCOc2ccccc2)CC1. The van der Waals surface area contributed by atoms with Gasteiger partial charge in [0.25, 0.3) is 5.91 Å². The van der Waals surface area contributed by atoms with Crippen LogP contribution in [-0.4, -0.2) is 55.0 Å². The largest absolute Gasteiger partial charge is 0.494 e. The lowest BCUT2D eigenvalue weighted by Crippen LogP contribution is -2.35. The maximum Gasteiger partial charge on any atom is 0.254 e. The molecule has 2 aromatic rings. The van der Waals surface area contributed by atoms with E-state index >= 15 is 0 Å². The smallest absolute Gasteiger partial charge is 0.254 e. The van der Waals surface area contributed by atoms with Crippen LogP contribution in [0.2, 0.25) is 0 Å². The minimum Gasteiger partial charge on any atom is -0.494 e. The highest BCUT2D eigenvalue weighted by Crippen LogP contribution is 2.12. The van der Waals surface area contributed by atoms with Crippen LogP contribution in [0, 0.1) is 5.82 Å². The Morgan fingerprint density at radius 1 is 1.00 bits per heavy atom. The van der Waals surface area contributed by atoms with Gasteiger partial charge >= 0.3 is 0 Å². The average molecular weight is 356 g/mol. The van der Waals surface area contributed by atoms with E-state index in [1.54, 1.807) is 12.1 Å². The first-order chi connectivity index (χ1) is 12.7. The summed E-state index contributed by atoms with van der Waals surface area (Å²) in [6.07, 6.45) is 1.88. The fraction of sp³-hybridized carbons (Fsp3) is 0.381. The van der Waals surface area contributed by atoms with Crippen molar-refractivity contribution in [3.8, 4) is 5.75 Å². The molecule has 0 aliphatic carbocycles. The topological polar surface area (TPSA) is 32.8 Å². The van der Waals surface area contributed by atoms with E-state index in [4.69, 9.17) is 4.74 Å². The van der Waals surface area contributed by atoms with Gasteiger partial charge in [-0.15, -0.1) is 0 Å². The van der Waals surface area contributed by atoms with Crippen LogP contribution in [-0.2, 0) is 0 Å². The van der Waals surface area contributed by atoms with E-state index in [1.165, 1.54) is 12.1 Å². The molecule has 0 unspecified atom stereocenters. The third-order valence-corrected chi connectivity index (χ3v) is 4.58. The highest BCUT2D eigenvalue weighted by Gasteiger charge is 2.20. The minimum atomic E-state index is -0.370. The quantitative estimate of drug-likeness (QED) is 0.744. The van der Waals surface area contributed by atoms with Gasteiger partial charge in [-0.05, 0) is 49.7 Å². The molecule has 4 nitrogen and oxygen atoms in total. The Kier molecular flexibility index (Phi) is 6.61. The Bertz CT molecular complexity index is 708. The number of para-hydroxylation sites is 1. The Labute approximate surface area is 154 Å². The van der Waals surface area contributed by atoms with Crippen LogP contribution in [0.4, 0.5) is 4.39 Å². The number of benzene rings is 2. The molecule has 0 bridgehead atoms. The zero-order valence-electron chi connectivity index (χ0n) is 14.9. The van der Waals surface area contributed by atoms with Gasteiger partial charge in [0, 0.05) is 31.7 Å². The minimum absolute atomic E-state index is 0.0845. The second-order valence-electron chi connectivity index (χ2n) is 6.51. The highest BCUT2D eigenvalue weighted by molar-refractivity contribution is 5.94. The summed E-state index contributed by atoms with van der Waals surface area (Å²) in [6, 6.07) is 15.8. The van der Waals surface area contributed by atoms with Crippen LogP contribution in [0.3, 0.4) is 0 Å². The molecule has 5 heteroatoms. The molecule has 0 radical (unpaired) electrons. The summed E-state index contributed by atoms with van der Waals surface area (Å²) in [5, 5.41) is 0. The van der Waals surface area contributed by atoms with E-state index in [2.05, 4.69) is 4.90 Å². The molecule has 1 fully saturated rings. The van der Waals surface area contributed by atoms with Gasteiger partial charge in [-0.3, -0.25) is 4.79 Å². The molecular weight excluding hydrogens is 331 g/mol. The Balaban J connectivity index is 1.42. The number of nitrogens with zero attached hydrogens (tertiary/aromatic N) is 2. The van der Waals surface area contributed by atoms with Crippen LogP contribution in [0.15, 0.2) is 54.6 Å². The summed E-state index contributed by atoms with van der Waals surface area (Å²) in [5.41, 5.74) is 0.426. The third-order valence-electron chi connectivity index (χ3n) is 4.58. The summed E-state index contributed by atoms with van der Waals surface area (Å²) < 4.78 is 19.1. The van der Waals surface area contributed by atoms with Crippen molar-refractivity contribution in [3.05, 3.63) is 66.0 Å². The normalized spacial score (nSPS) is 15.5. The first-order valence-electron chi connectivity index (χ1n) is 9.17. The number of carbonyl (C=O) groups excluding carboxylic acids is 1. The maximum atomic E-state index is 13.3. The van der Waals surface area contributed by atoms with E-state index < -0.39 is 0 Å². The van der Waals surface area contributed by atoms with E-state index in [1.807, 2.05) is 35.2 Å². The molecule has 0 atom stereocenters. The van der Waals surface area contributed by atoms with Gasteiger partial charge in [0.15, 0.2) is 0 Å². The maximum absolute atomic E-state index is 13.3. The molecule has 1 aliphatic heterocycles. The molecule has 3 rings (SSSR count). The molecule has 2 aromatic carbocycles. The molecule has 1 heterocycles. The Morgan fingerprint density at radius 3 is 2.65 bits per heavy atom. The number of hydrogen-bond acceptors (Lipinski definition) is 3. The van der Waals surface area contributed by atoms with Gasteiger partial charge in [0.1, 0.15) is 11.6 Å². The first kappa shape index (κ1) is 18.4. The van der Waals surface area contributed by atoms with Gasteiger partial charge in [-0.25, -0.2) is 4.39 Å². The van der Waals surface area contributed by atoms with Gasteiger partial charge in [-0.1, -0.05) is 24.3 Å². The van der Waals surface area contributed by atoms with Crippen molar-refractivity contribution in [3.63, 3.8) is 0 Å². The van der Waals surface area contributed by atoms with Crippen molar-refractivity contribution in [2.75, 3.05) is 39.3 Å². The molecule has 0 saturated carbocycles. The molecule has 138 valence electrons. The number of rotatable bonds is 6. The summed E-state index contributed by atoms with van der Waals surface area (Å²) in [7, 11) is 0. The van der Waals surface area contributed by atoms with Crippen molar-refractivity contribution in [1.82, 2.24) is 9.80 Å². The molecule has 1 saturated heterocycles. The second-order valence-corrected chi connectivity index (χ2v) is 6.51. The summed E-state index contributed by atoms with van der Waals surface area (Å²) in [6.45, 7) is 4.84. The van der Waals surface area contributed by atoms with Crippen LogP contribution in [0.5, 0.6) is 5.75 Å². The number of hydrogen-bond donors (Lipinski definition) is 0. The van der Waals surface area contributed by atoms with Crippen molar-refractivity contribution in [1.29, 1.82) is 0 Å². The van der Waals surface area contributed by atoms with Crippen molar-refractivity contribution >= 4 is 5.91 Å². The number of carbonyl (C=O) groups is 1. The van der Waals surface area contributed by atoms with E-state index in [-0.39, 0.29) is 11.7 Å². The van der Waals surface area contributed by atoms with Crippen LogP contribution < -0.4 is 4.74 Å². The fourth-order valence-electron chi connectivity index (χ4n) is 3.20. The van der Waals surface area contributed by atoms with Gasteiger partial charge in [-0.2, -0.15) is 0 Å². The zero-order valence-corrected chi connectivity index (χ0v) is 14.9. The van der Waals surface area contributed by atoms with Crippen molar-refractivity contribution in [2.45, 2.75) is 12.8 Å². The predicted octanol–water partition coefficient (Wildman–Crippen LogP) is 3.44. The van der Waals surface area contributed by atoms with Crippen LogP contribution in [0.25, 0.3) is 0 Å². The van der Waals surface area contributed by atoms with Gasteiger partial charge in [0.05, 0.1) is 6.61 Å². The highest BCUT2D eigenvalue weighted by atomic mass is 19.1. The van der Waals surface area contributed by atoms with Crippen molar-refractivity contribution in [2.24, 2.45) is 0 Å². The van der Waals surface area contributed by atoms with E-state index in [9.17, 15) is 9.18 Å². The van der Waals surface area contributed by atoms with Crippen LogP contribution >= 0.6 is 0 Å². The predicted molar refractivity (Wildman–Crippen MR) is 99.9 cm³/mol. The van der Waals surface area contributed by atoms with Gasteiger partial charge in [0.2, 0.25) is 0 Å². The van der Waals surface area contributed by atoms with Crippen LogP contribution in [0.1, 0.15) is 23.2 Å². The third kappa shape index (κ3) is 5.30. The molecule has 26 heavy (non-hydrogen) atoms. The van der Waals surface area contributed by atoms with Gasteiger partial charge < -0.3 is 14.5 Å². The Morgan fingerprint density at radius 2 is 1.85 bits per heavy atom. The molecule has 0 aromatic heterocycles. The lowest BCUT2D eigenvalue weighted by molar-refractivity contribution is 0.0760. The lowest BCUT2D eigenvalue weighted by atomic mass is 10.2. The molecular formula is C21H25FN2O2. The van der Waals surface area contributed by atoms with Crippen molar-refractivity contribution < 1.29 is 13.9 Å². The molecule has 0 N–H and O–H groups in total. The van der Waals surface area contributed by atoms with E-state index in [0.717, 1.165) is 38.2 Å². The molecule has 0 spiro atoms.